The molecule has 0 aliphatic heterocycles. The van der Waals surface area contributed by atoms with Gasteiger partial charge >= 0.3 is 0 Å². The second kappa shape index (κ2) is 7.04. The van der Waals surface area contributed by atoms with Crippen LogP contribution in [0.1, 0.15) is 23.4 Å². The van der Waals surface area contributed by atoms with E-state index in [4.69, 9.17) is 4.42 Å². The molecule has 0 aliphatic carbocycles. The highest BCUT2D eigenvalue weighted by Gasteiger charge is 2.11. The number of nitrogens with zero attached hydrogens (tertiary/aromatic N) is 3. The molecule has 0 aliphatic rings. The Kier molecular flexibility index (Phi) is 4.65. The zero-order chi connectivity index (χ0) is 16.9. The molecule has 1 aromatic carbocycles. The zero-order valence-corrected chi connectivity index (χ0v) is 13.6. The van der Waals surface area contributed by atoms with Crippen molar-refractivity contribution in [1.82, 2.24) is 15.2 Å². The summed E-state index contributed by atoms with van der Waals surface area (Å²) < 4.78 is 5.58. The van der Waals surface area contributed by atoms with Gasteiger partial charge in [0.25, 0.3) is 0 Å². The third kappa shape index (κ3) is 3.84. The van der Waals surface area contributed by atoms with Crippen LogP contribution in [0.25, 0.3) is 11.5 Å². The highest BCUT2D eigenvalue weighted by atomic mass is 16.4. The van der Waals surface area contributed by atoms with Crippen LogP contribution < -0.4 is 5.32 Å². The SMILES string of the molecule is Cc1ccc(NC(=O)CCc2nnc(-c3ccncc3)o2)c(C)c1. The van der Waals surface area contributed by atoms with Crippen LogP contribution in [0.15, 0.2) is 47.1 Å². The fraction of sp³-hybridized carbons (Fsp3) is 0.222. The normalized spacial score (nSPS) is 10.6. The molecule has 0 saturated carbocycles. The van der Waals surface area contributed by atoms with Crippen LogP contribution in [-0.4, -0.2) is 21.1 Å². The average Bonchev–Trinajstić information content (AvgIpc) is 3.05. The molecule has 6 nitrogen and oxygen atoms in total. The number of hydrogen-bond donors (Lipinski definition) is 1. The molecule has 0 spiro atoms. The molecule has 24 heavy (non-hydrogen) atoms. The number of pyridine rings is 1. The Bertz CT molecular complexity index is 843. The molecule has 1 amide bonds. The lowest BCUT2D eigenvalue weighted by Crippen LogP contribution is -2.13. The van der Waals surface area contributed by atoms with Gasteiger partial charge in [0.05, 0.1) is 0 Å². The van der Waals surface area contributed by atoms with Gasteiger partial charge in [-0.1, -0.05) is 17.7 Å². The smallest absolute Gasteiger partial charge is 0.247 e. The van der Waals surface area contributed by atoms with Crippen LogP contribution in [0.3, 0.4) is 0 Å². The van der Waals surface area contributed by atoms with Crippen molar-refractivity contribution < 1.29 is 9.21 Å². The van der Waals surface area contributed by atoms with E-state index in [1.165, 1.54) is 5.56 Å². The minimum Gasteiger partial charge on any atom is -0.421 e. The molecule has 0 bridgehead atoms. The molecule has 1 N–H and O–H groups in total. The highest BCUT2D eigenvalue weighted by molar-refractivity contribution is 5.91. The summed E-state index contributed by atoms with van der Waals surface area (Å²) in [5.41, 5.74) is 3.85. The summed E-state index contributed by atoms with van der Waals surface area (Å²) in [5.74, 6) is 0.797. The molecule has 2 heterocycles. The van der Waals surface area contributed by atoms with Gasteiger partial charge in [-0.2, -0.15) is 0 Å². The topological polar surface area (TPSA) is 80.9 Å². The number of carbonyl (C=O) groups excluding carboxylic acids is 1. The zero-order valence-electron chi connectivity index (χ0n) is 13.6. The highest BCUT2D eigenvalue weighted by Crippen LogP contribution is 2.18. The Balaban J connectivity index is 1.58. The number of aryl methyl sites for hydroxylation is 3. The van der Waals surface area contributed by atoms with E-state index in [2.05, 4.69) is 20.5 Å². The van der Waals surface area contributed by atoms with Crippen LogP contribution in [-0.2, 0) is 11.2 Å². The van der Waals surface area contributed by atoms with E-state index in [0.717, 1.165) is 16.8 Å². The maximum absolute atomic E-state index is 12.1. The lowest BCUT2D eigenvalue weighted by atomic mass is 10.1. The molecule has 0 fully saturated rings. The van der Waals surface area contributed by atoms with E-state index >= 15 is 0 Å². The van der Waals surface area contributed by atoms with Gasteiger partial charge in [-0.15, -0.1) is 10.2 Å². The van der Waals surface area contributed by atoms with Gasteiger partial charge in [-0.3, -0.25) is 9.78 Å². The van der Waals surface area contributed by atoms with Crippen molar-refractivity contribution in [3.8, 4) is 11.5 Å². The monoisotopic (exact) mass is 322 g/mol. The molecule has 3 rings (SSSR count). The minimum atomic E-state index is -0.0781. The Morgan fingerprint density at radius 3 is 2.67 bits per heavy atom. The fourth-order valence-corrected chi connectivity index (χ4v) is 2.35. The predicted molar refractivity (Wildman–Crippen MR) is 90.4 cm³/mol. The van der Waals surface area contributed by atoms with E-state index in [9.17, 15) is 4.79 Å². The van der Waals surface area contributed by atoms with E-state index in [1.807, 2.05) is 32.0 Å². The van der Waals surface area contributed by atoms with Crippen LogP contribution >= 0.6 is 0 Å². The Hall–Kier alpha value is -3.02. The molecule has 0 unspecified atom stereocenters. The Morgan fingerprint density at radius 1 is 1.12 bits per heavy atom. The number of rotatable bonds is 5. The molecule has 122 valence electrons. The summed E-state index contributed by atoms with van der Waals surface area (Å²) in [7, 11) is 0. The Labute approximate surface area is 140 Å². The lowest BCUT2D eigenvalue weighted by Gasteiger charge is -2.08. The van der Waals surface area contributed by atoms with Crippen molar-refractivity contribution in [3.05, 3.63) is 59.7 Å². The van der Waals surface area contributed by atoms with Crippen LogP contribution in [0.2, 0.25) is 0 Å². The standard InChI is InChI=1S/C18H18N4O2/c1-12-3-4-15(13(2)11-12)20-16(23)5-6-17-21-22-18(24-17)14-7-9-19-10-8-14/h3-4,7-11H,5-6H2,1-2H3,(H,20,23). The summed E-state index contributed by atoms with van der Waals surface area (Å²) in [6, 6.07) is 9.52. The summed E-state index contributed by atoms with van der Waals surface area (Å²) >= 11 is 0. The van der Waals surface area contributed by atoms with E-state index in [0.29, 0.717) is 18.2 Å². The molecule has 2 aromatic heterocycles. The van der Waals surface area contributed by atoms with E-state index in [-0.39, 0.29) is 12.3 Å². The largest absolute Gasteiger partial charge is 0.421 e. The molecule has 6 heteroatoms. The van der Waals surface area contributed by atoms with Gasteiger partial charge in [0, 0.05) is 36.5 Å². The van der Waals surface area contributed by atoms with Crippen molar-refractivity contribution >= 4 is 11.6 Å². The number of nitrogens with one attached hydrogen (secondary N) is 1. The van der Waals surface area contributed by atoms with Gasteiger partial charge in [-0.05, 0) is 37.6 Å². The third-order valence-electron chi connectivity index (χ3n) is 3.62. The van der Waals surface area contributed by atoms with E-state index in [1.54, 1.807) is 24.5 Å². The first-order chi connectivity index (χ1) is 11.6. The maximum atomic E-state index is 12.1. The average molecular weight is 322 g/mol. The number of aromatic nitrogens is 3. The van der Waals surface area contributed by atoms with Crippen molar-refractivity contribution in [2.24, 2.45) is 0 Å². The van der Waals surface area contributed by atoms with Gasteiger partial charge in [0.15, 0.2) is 0 Å². The van der Waals surface area contributed by atoms with Crippen molar-refractivity contribution in [2.45, 2.75) is 26.7 Å². The van der Waals surface area contributed by atoms with Crippen molar-refractivity contribution in [3.63, 3.8) is 0 Å². The minimum absolute atomic E-state index is 0.0781. The molecular weight excluding hydrogens is 304 g/mol. The van der Waals surface area contributed by atoms with Gasteiger partial charge in [-0.25, -0.2) is 0 Å². The van der Waals surface area contributed by atoms with Crippen LogP contribution in [0, 0.1) is 13.8 Å². The molecule has 0 saturated heterocycles. The maximum Gasteiger partial charge on any atom is 0.247 e. The van der Waals surface area contributed by atoms with Gasteiger partial charge in [0.2, 0.25) is 17.7 Å². The predicted octanol–water partition coefficient (Wildman–Crippen LogP) is 3.32. The first-order valence-electron chi connectivity index (χ1n) is 7.72. The fourth-order valence-electron chi connectivity index (χ4n) is 2.35. The second-order valence-corrected chi connectivity index (χ2v) is 5.60. The van der Waals surface area contributed by atoms with Gasteiger partial charge < -0.3 is 9.73 Å². The quantitative estimate of drug-likeness (QED) is 0.779. The molecule has 3 aromatic rings. The molecule has 0 radical (unpaired) electrons. The van der Waals surface area contributed by atoms with E-state index < -0.39 is 0 Å². The first kappa shape index (κ1) is 15.9. The second-order valence-electron chi connectivity index (χ2n) is 5.60. The summed E-state index contributed by atoms with van der Waals surface area (Å²) in [4.78, 5) is 16.0. The van der Waals surface area contributed by atoms with Gasteiger partial charge in [0.1, 0.15) is 0 Å². The number of benzene rings is 1. The van der Waals surface area contributed by atoms with Crippen molar-refractivity contribution in [2.75, 3.05) is 5.32 Å². The lowest BCUT2D eigenvalue weighted by molar-refractivity contribution is -0.116. The van der Waals surface area contributed by atoms with Crippen LogP contribution in [0.4, 0.5) is 5.69 Å². The van der Waals surface area contributed by atoms with Crippen molar-refractivity contribution in [1.29, 1.82) is 0 Å². The number of anilines is 1. The number of hydrogen-bond acceptors (Lipinski definition) is 5. The van der Waals surface area contributed by atoms with Crippen LogP contribution in [0.5, 0.6) is 0 Å². The summed E-state index contributed by atoms with van der Waals surface area (Å²) in [5, 5.41) is 10.9. The number of carbonyl (C=O) groups is 1. The third-order valence-corrected chi connectivity index (χ3v) is 3.62. The molecular formula is C18H18N4O2. The summed E-state index contributed by atoms with van der Waals surface area (Å²) in [6.45, 7) is 4.00. The summed E-state index contributed by atoms with van der Waals surface area (Å²) in [6.07, 6.45) is 4.01. The molecule has 0 atom stereocenters. The number of amides is 1. The first-order valence-corrected chi connectivity index (χ1v) is 7.72. The Morgan fingerprint density at radius 2 is 1.92 bits per heavy atom.